The quantitative estimate of drug-likeness (QED) is 0.111. The SMILES string of the molecule is Fc1c(Cl)c(-c2ccccc2)cc2c(NCCN3CCCCC3)n[nH]c12.Fc1c(Cl)c(-c2ccccc2)cc2c(NCCN3CCOCC3)n[nH]c12. The van der Waals surface area contributed by atoms with Gasteiger partial charge in [0.1, 0.15) is 11.0 Å². The smallest absolute Gasteiger partial charge is 0.168 e. The number of H-pyrrole nitrogens is 2. The number of hydrogen-bond acceptors (Lipinski definition) is 7. The van der Waals surface area contributed by atoms with Crippen molar-refractivity contribution in [2.75, 3.05) is 76.2 Å². The number of anilines is 2. The van der Waals surface area contributed by atoms with E-state index in [0.29, 0.717) is 39.2 Å². The number of nitrogens with zero attached hydrogens (tertiary/aromatic N) is 4. The van der Waals surface area contributed by atoms with Crippen molar-refractivity contribution in [2.45, 2.75) is 19.3 Å². The van der Waals surface area contributed by atoms with Crippen LogP contribution in [0.15, 0.2) is 72.8 Å². The summed E-state index contributed by atoms with van der Waals surface area (Å²) >= 11 is 12.5. The minimum atomic E-state index is -0.475. The minimum absolute atomic E-state index is 0.104. The van der Waals surface area contributed by atoms with Crippen molar-refractivity contribution in [2.24, 2.45) is 0 Å². The zero-order chi connectivity index (χ0) is 35.9. The Balaban J connectivity index is 0.000000162. The number of morpholine rings is 1. The van der Waals surface area contributed by atoms with Crippen molar-refractivity contribution in [1.29, 1.82) is 0 Å². The Morgan fingerprint density at radius 3 is 1.54 bits per heavy atom. The molecule has 2 aromatic heterocycles. The summed E-state index contributed by atoms with van der Waals surface area (Å²) in [5, 5.41) is 22.3. The molecule has 2 fully saturated rings. The molecule has 4 N–H and O–H groups in total. The molecule has 4 heterocycles. The molecule has 0 unspecified atom stereocenters. The van der Waals surface area contributed by atoms with E-state index >= 15 is 0 Å². The molecule has 4 aromatic carbocycles. The molecule has 0 bridgehead atoms. The molecule has 0 aliphatic carbocycles. The summed E-state index contributed by atoms with van der Waals surface area (Å²) < 4.78 is 34.8. The highest BCUT2D eigenvalue weighted by atomic mass is 35.5. The topological polar surface area (TPSA) is 97.1 Å². The van der Waals surface area contributed by atoms with Crippen LogP contribution in [-0.4, -0.2) is 95.8 Å². The van der Waals surface area contributed by atoms with Gasteiger partial charge in [0, 0.05) is 61.2 Å². The summed E-state index contributed by atoms with van der Waals surface area (Å²) in [5.41, 5.74) is 3.77. The maximum atomic E-state index is 14.7. The summed E-state index contributed by atoms with van der Waals surface area (Å²) in [7, 11) is 0. The average molecular weight is 748 g/mol. The molecule has 272 valence electrons. The second-order valence-corrected chi connectivity index (χ2v) is 13.8. The first kappa shape index (κ1) is 36.1. The molecular weight excluding hydrogens is 705 g/mol. The molecule has 2 aliphatic heterocycles. The van der Waals surface area contributed by atoms with Crippen molar-refractivity contribution in [3.05, 3.63) is 94.5 Å². The van der Waals surface area contributed by atoms with Crippen molar-refractivity contribution < 1.29 is 13.5 Å². The third-order valence-electron chi connectivity index (χ3n) is 9.65. The van der Waals surface area contributed by atoms with Gasteiger partial charge in [0.25, 0.3) is 0 Å². The number of hydrogen-bond donors (Lipinski definition) is 4. The van der Waals surface area contributed by atoms with E-state index in [2.05, 4.69) is 40.8 Å². The fourth-order valence-corrected chi connectivity index (χ4v) is 7.30. The Morgan fingerprint density at radius 1 is 0.635 bits per heavy atom. The molecule has 52 heavy (non-hydrogen) atoms. The Hall–Kier alpha value is -4.26. The fraction of sp³-hybridized carbons (Fsp3) is 0.333. The number of nitrogens with one attached hydrogen (secondary N) is 4. The van der Waals surface area contributed by atoms with Gasteiger partial charge in [-0.05, 0) is 49.2 Å². The summed E-state index contributed by atoms with van der Waals surface area (Å²) in [6.45, 7) is 9.10. The fourth-order valence-electron chi connectivity index (χ4n) is 6.79. The van der Waals surface area contributed by atoms with E-state index in [0.717, 1.165) is 82.1 Å². The second-order valence-electron chi connectivity index (χ2n) is 13.0. The predicted molar refractivity (Wildman–Crippen MR) is 208 cm³/mol. The van der Waals surface area contributed by atoms with E-state index in [1.807, 2.05) is 72.8 Å². The van der Waals surface area contributed by atoms with Crippen molar-refractivity contribution >= 4 is 56.6 Å². The largest absolute Gasteiger partial charge is 0.379 e. The first-order valence-corrected chi connectivity index (χ1v) is 18.6. The van der Waals surface area contributed by atoms with Crippen LogP contribution in [0, 0.1) is 11.6 Å². The van der Waals surface area contributed by atoms with E-state index in [1.54, 1.807) is 0 Å². The van der Waals surface area contributed by atoms with E-state index in [9.17, 15) is 8.78 Å². The van der Waals surface area contributed by atoms with Gasteiger partial charge in [-0.25, -0.2) is 8.78 Å². The van der Waals surface area contributed by atoms with Gasteiger partial charge in [-0.15, -0.1) is 0 Å². The van der Waals surface area contributed by atoms with Crippen LogP contribution < -0.4 is 10.6 Å². The molecule has 13 heteroatoms. The lowest BCUT2D eigenvalue weighted by Crippen LogP contribution is -2.39. The standard InChI is InChI=1S/C20H22ClFN4.C19H20ClFN4O/c21-17-15(14-7-3-1-4-8-14)13-16-19(18(17)22)24-25-20(16)23-9-12-26-10-5-2-6-11-26;20-16-14(13-4-2-1-3-5-13)12-15-18(17(16)21)23-24-19(15)22-6-7-25-8-10-26-11-9-25/h1,3-4,7-8,13H,2,5-6,9-12H2,(H2,23,24,25);1-5,12H,6-11H2,(H2,22,23,24). The number of aromatic amines is 2. The van der Waals surface area contributed by atoms with E-state index in [1.165, 1.54) is 19.3 Å². The lowest BCUT2D eigenvalue weighted by molar-refractivity contribution is 0.0398. The third-order valence-corrected chi connectivity index (χ3v) is 10.4. The molecular formula is C39H42Cl2F2N8O. The van der Waals surface area contributed by atoms with Gasteiger partial charge in [0.15, 0.2) is 23.3 Å². The minimum Gasteiger partial charge on any atom is -0.379 e. The van der Waals surface area contributed by atoms with Crippen LogP contribution in [0.3, 0.4) is 0 Å². The number of benzene rings is 4. The van der Waals surface area contributed by atoms with Crippen LogP contribution in [-0.2, 0) is 4.74 Å². The third kappa shape index (κ3) is 8.19. The van der Waals surface area contributed by atoms with Gasteiger partial charge >= 0.3 is 0 Å². The summed E-state index contributed by atoms with van der Waals surface area (Å²) in [4.78, 5) is 4.79. The van der Waals surface area contributed by atoms with Gasteiger partial charge < -0.3 is 20.3 Å². The molecule has 0 amide bonds. The van der Waals surface area contributed by atoms with Gasteiger partial charge in [0.2, 0.25) is 0 Å². The Kier molecular flexibility index (Phi) is 11.8. The summed E-state index contributed by atoms with van der Waals surface area (Å²) in [5.74, 6) is 0.377. The molecule has 0 atom stereocenters. The Bertz CT molecular complexity index is 1930. The number of halogens is 4. The predicted octanol–water partition coefficient (Wildman–Crippen LogP) is 8.69. The van der Waals surface area contributed by atoms with Gasteiger partial charge in [-0.3, -0.25) is 15.1 Å². The van der Waals surface area contributed by atoms with E-state index < -0.39 is 11.6 Å². The van der Waals surface area contributed by atoms with Crippen molar-refractivity contribution in [3.8, 4) is 22.3 Å². The molecule has 0 saturated carbocycles. The normalized spacial score (nSPS) is 15.5. The van der Waals surface area contributed by atoms with Gasteiger partial charge in [-0.2, -0.15) is 10.2 Å². The van der Waals surface area contributed by atoms with Crippen LogP contribution in [0.2, 0.25) is 10.0 Å². The monoisotopic (exact) mass is 746 g/mol. The highest BCUT2D eigenvalue weighted by Gasteiger charge is 2.20. The highest BCUT2D eigenvalue weighted by molar-refractivity contribution is 6.35. The van der Waals surface area contributed by atoms with Gasteiger partial charge in [-0.1, -0.05) is 90.3 Å². The van der Waals surface area contributed by atoms with Crippen molar-refractivity contribution in [3.63, 3.8) is 0 Å². The molecule has 9 nitrogen and oxygen atoms in total. The Morgan fingerprint density at radius 2 is 1.08 bits per heavy atom. The van der Waals surface area contributed by atoms with E-state index in [4.69, 9.17) is 27.9 Å². The van der Waals surface area contributed by atoms with Crippen LogP contribution in [0.4, 0.5) is 20.4 Å². The first-order chi connectivity index (χ1) is 25.5. The van der Waals surface area contributed by atoms with Gasteiger partial charge in [0.05, 0.1) is 23.3 Å². The molecule has 0 radical (unpaired) electrons. The average Bonchev–Trinajstić information content (AvgIpc) is 3.80. The zero-order valence-corrected chi connectivity index (χ0v) is 30.3. The van der Waals surface area contributed by atoms with Crippen LogP contribution in [0.1, 0.15) is 19.3 Å². The summed E-state index contributed by atoms with van der Waals surface area (Å²) in [6, 6.07) is 23.0. The van der Waals surface area contributed by atoms with Crippen molar-refractivity contribution in [1.82, 2.24) is 30.2 Å². The Labute approximate surface area is 311 Å². The first-order valence-electron chi connectivity index (χ1n) is 17.8. The lowest BCUT2D eigenvalue weighted by Gasteiger charge is -2.26. The van der Waals surface area contributed by atoms with E-state index in [-0.39, 0.29) is 10.0 Å². The van der Waals surface area contributed by atoms with Crippen LogP contribution >= 0.6 is 23.2 Å². The maximum absolute atomic E-state index is 14.7. The number of ether oxygens (including phenoxy) is 1. The molecule has 2 saturated heterocycles. The molecule has 6 aromatic rings. The zero-order valence-electron chi connectivity index (χ0n) is 28.8. The number of likely N-dealkylation sites (tertiary alicyclic amines) is 1. The van der Waals surface area contributed by atoms with Crippen LogP contribution in [0.5, 0.6) is 0 Å². The maximum Gasteiger partial charge on any atom is 0.168 e. The lowest BCUT2D eigenvalue weighted by atomic mass is 10.0. The van der Waals surface area contributed by atoms with Crippen LogP contribution in [0.25, 0.3) is 44.1 Å². The number of piperidine rings is 1. The number of aromatic nitrogens is 4. The number of rotatable bonds is 10. The summed E-state index contributed by atoms with van der Waals surface area (Å²) in [6.07, 6.45) is 3.88. The number of fused-ring (bicyclic) bond motifs is 2. The highest BCUT2D eigenvalue weighted by Crippen LogP contribution is 2.38. The second kappa shape index (κ2) is 17.0. The molecule has 2 aliphatic rings. The molecule has 8 rings (SSSR count). The molecule has 0 spiro atoms.